The van der Waals surface area contributed by atoms with Gasteiger partial charge in [0.05, 0.1) is 14.3 Å². The lowest BCUT2D eigenvalue weighted by Crippen LogP contribution is -2.31. The van der Waals surface area contributed by atoms with Gasteiger partial charge in [0.25, 0.3) is 5.69 Å². The van der Waals surface area contributed by atoms with Gasteiger partial charge < -0.3 is 5.32 Å². The minimum absolute atomic E-state index is 0.0125. The standard InChI is InChI=1S/C10H14BrN3O4S/c1-2-12-5-6-13-19(17,18)8-3-4-10(14(15)16)9(11)7-8/h3-4,7,12-13H,2,5-6H2,1H3. The number of hydrogen-bond donors (Lipinski definition) is 2. The summed E-state index contributed by atoms with van der Waals surface area (Å²) < 4.78 is 26.3. The topological polar surface area (TPSA) is 101 Å². The highest BCUT2D eigenvalue weighted by Gasteiger charge is 2.18. The first-order valence-electron chi connectivity index (χ1n) is 5.53. The predicted octanol–water partition coefficient (Wildman–Crippen LogP) is 1.25. The van der Waals surface area contributed by atoms with E-state index in [2.05, 4.69) is 26.0 Å². The Kier molecular flexibility index (Phi) is 5.85. The minimum atomic E-state index is -3.65. The van der Waals surface area contributed by atoms with Crippen LogP contribution in [0.1, 0.15) is 6.92 Å². The van der Waals surface area contributed by atoms with Crippen LogP contribution in [0.2, 0.25) is 0 Å². The molecule has 1 rings (SSSR count). The Morgan fingerprint density at radius 2 is 2.05 bits per heavy atom. The zero-order chi connectivity index (χ0) is 14.5. The summed E-state index contributed by atoms with van der Waals surface area (Å²) in [6.07, 6.45) is 0. The fourth-order valence-corrected chi connectivity index (χ4v) is 3.07. The lowest BCUT2D eigenvalue weighted by atomic mass is 10.3. The van der Waals surface area contributed by atoms with Gasteiger partial charge in [-0.25, -0.2) is 13.1 Å². The summed E-state index contributed by atoms with van der Waals surface area (Å²) in [4.78, 5) is 10.0. The first-order chi connectivity index (χ1) is 8.88. The van der Waals surface area contributed by atoms with Gasteiger partial charge in [-0.1, -0.05) is 6.92 Å². The number of benzene rings is 1. The molecule has 0 aliphatic carbocycles. The molecule has 1 aromatic carbocycles. The molecule has 19 heavy (non-hydrogen) atoms. The molecule has 0 aliphatic rings. The highest BCUT2D eigenvalue weighted by Crippen LogP contribution is 2.27. The molecule has 0 unspecified atom stereocenters. The lowest BCUT2D eigenvalue weighted by molar-refractivity contribution is -0.385. The Morgan fingerprint density at radius 1 is 1.37 bits per heavy atom. The van der Waals surface area contributed by atoms with Crippen molar-refractivity contribution in [2.45, 2.75) is 11.8 Å². The second-order valence-corrected chi connectivity index (χ2v) is 6.24. The van der Waals surface area contributed by atoms with E-state index in [1.54, 1.807) is 0 Å². The molecule has 0 atom stereocenters. The molecule has 9 heteroatoms. The minimum Gasteiger partial charge on any atom is -0.316 e. The Balaban J connectivity index is 2.84. The molecular weight excluding hydrogens is 338 g/mol. The molecule has 0 saturated heterocycles. The summed E-state index contributed by atoms with van der Waals surface area (Å²) in [5, 5.41) is 13.6. The number of sulfonamides is 1. The maximum atomic E-state index is 11.9. The number of likely N-dealkylation sites (N-methyl/N-ethyl adjacent to an activating group) is 1. The number of hydrogen-bond acceptors (Lipinski definition) is 5. The van der Waals surface area contributed by atoms with Crippen molar-refractivity contribution < 1.29 is 13.3 Å². The Hall–Kier alpha value is -1.03. The fraction of sp³-hybridized carbons (Fsp3) is 0.400. The smallest absolute Gasteiger partial charge is 0.283 e. The average molecular weight is 352 g/mol. The van der Waals surface area contributed by atoms with Gasteiger partial charge in [-0.3, -0.25) is 10.1 Å². The van der Waals surface area contributed by atoms with Crippen LogP contribution in [0.5, 0.6) is 0 Å². The van der Waals surface area contributed by atoms with E-state index in [1.807, 2.05) is 6.92 Å². The van der Waals surface area contributed by atoms with Crippen LogP contribution in [-0.2, 0) is 10.0 Å². The second kappa shape index (κ2) is 6.94. The highest BCUT2D eigenvalue weighted by molar-refractivity contribution is 9.10. The van der Waals surface area contributed by atoms with Crippen LogP contribution in [0, 0.1) is 10.1 Å². The number of nitrogens with zero attached hydrogens (tertiary/aromatic N) is 1. The van der Waals surface area contributed by atoms with Crippen LogP contribution >= 0.6 is 15.9 Å². The molecule has 0 spiro atoms. The van der Waals surface area contributed by atoms with Gasteiger partial charge in [-0.05, 0) is 34.6 Å². The third-order valence-corrected chi connectivity index (χ3v) is 4.36. The Morgan fingerprint density at radius 3 is 2.58 bits per heavy atom. The van der Waals surface area contributed by atoms with E-state index in [9.17, 15) is 18.5 Å². The van der Waals surface area contributed by atoms with Gasteiger partial charge in [-0.15, -0.1) is 0 Å². The van der Waals surface area contributed by atoms with Crippen molar-refractivity contribution in [3.05, 3.63) is 32.8 Å². The molecule has 0 fully saturated rings. The van der Waals surface area contributed by atoms with E-state index >= 15 is 0 Å². The molecule has 1 aromatic rings. The second-order valence-electron chi connectivity index (χ2n) is 3.62. The molecule has 0 amide bonds. The summed E-state index contributed by atoms with van der Waals surface area (Å²) in [5.41, 5.74) is -0.174. The molecule has 2 N–H and O–H groups in total. The molecule has 0 heterocycles. The van der Waals surface area contributed by atoms with Crippen molar-refractivity contribution in [2.24, 2.45) is 0 Å². The SMILES string of the molecule is CCNCCNS(=O)(=O)c1ccc([N+](=O)[O-])c(Br)c1. The van der Waals surface area contributed by atoms with Crippen molar-refractivity contribution >= 4 is 31.6 Å². The monoisotopic (exact) mass is 351 g/mol. The molecular formula is C10H14BrN3O4S. The van der Waals surface area contributed by atoms with Crippen LogP contribution in [-0.4, -0.2) is 33.0 Å². The average Bonchev–Trinajstić information content (AvgIpc) is 2.34. The summed E-state index contributed by atoms with van der Waals surface area (Å²) in [5.74, 6) is 0. The van der Waals surface area contributed by atoms with Gasteiger partial charge in [-0.2, -0.15) is 0 Å². The molecule has 0 bridgehead atoms. The van der Waals surface area contributed by atoms with Gasteiger partial charge >= 0.3 is 0 Å². The van der Waals surface area contributed by atoms with Crippen molar-refractivity contribution in [1.29, 1.82) is 0 Å². The third kappa shape index (κ3) is 4.53. The van der Waals surface area contributed by atoms with Crippen LogP contribution in [0.25, 0.3) is 0 Å². The van der Waals surface area contributed by atoms with Gasteiger partial charge in [0.15, 0.2) is 0 Å². The molecule has 0 aliphatic heterocycles. The number of nitrogens with one attached hydrogen (secondary N) is 2. The first kappa shape index (κ1) is 16.0. The maximum absolute atomic E-state index is 11.9. The van der Waals surface area contributed by atoms with Crippen molar-refractivity contribution in [1.82, 2.24) is 10.0 Å². The quantitative estimate of drug-likeness (QED) is 0.437. The zero-order valence-electron chi connectivity index (χ0n) is 10.2. The Bertz CT molecular complexity index is 562. The molecule has 0 saturated carbocycles. The van der Waals surface area contributed by atoms with E-state index in [4.69, 9.17) is 0 Å². The fourth-order valence-electron chi connectivity index (χ4n) is 1.34. The van der Waals surface area contributed by atoms with Crippen LogP contribution in [0.4, 0.5) is 5.69 Å². The summed E-state index contributed by atoms with van der Waals surface area (Å²) >= 11 is 2.99. The summed E-state index contributed by atoms with van der Waals surface area (Å²) in [6.45, 7) is 3.45. The number of rotatable bonds is 7. The summed E-state index contributed by atoms with van der Waals surface area (Å²) in [6, 6.07) is 3.58. The van der Waals surface area contributed by atoms with Crippen LogP contribution in [0.15, 0.2) is 27.6 Å². The van der Waals surface area contributed by atoms with E-state index in [-0.39, 0.29) is 21.6 Å². The predicted molar refractivity (Wildman–Crippen MR) is 74.5 cm³/mol. The third-order valence-electron chi connectivity index (χ3n) is 2.27. The number of halogens is 1. The molecule has 0 radical (unpaired) electrons. The highest BCUT2D eigenvalue weighted by atomic mass is 79.9. The lowest BCUT2D eigenvalue weighted by Gasteiger charge is -2.07. The number of nitro benzene ring substituents is 1. The Labute approximate surface area is 119 Å². The summed E-state index contributed by atoms with van der Waals surface area (Å²) in [7, 11) is -3.65. The number of nitro groups is 1. The molecule has 106 valence electrons. The first-order valence-corrected chi connectivity index (χ1v) is 7.80. The zero-order valence-corrected chi connectivity index (χ0v) is 12.6. The van der Waals surface area contributed by atoms with Crippen molar-refractivity contribution in [3.63, 3.8) is 0 Å². The largest absolute Gasteiger partial charge is 0.316 e. The van der Waals surface area contributed by atoms with Crippen molar-refractivity contribution in [2.75, 3.05) is 19.6 Å². The molecule has 0 aromatic heterocycles. The van der Waals surface area contributed by atoms with E-state index in [0.717, 1.165) is 12.6 Å². The van der Waals surface area contributed by atoms with Gasteiger partial charge in [0, 0.05) is 19.2 Å². The normalized spacial score (nSPS) is 11.5. The van der Waals surface area contributed by atoms with E-state index < -0.39 is 14.9 Å². The van der Waals surface area contributed by atoms with Gasteiger partial charge in [0.1, 0.15) is 0 Å². The van der Waals surface area contributed by atoms with Crippen LogP contribution < -0.4 is 10.0 Å². The molecule has 7 nitrogen and oxygen atoms in total. The van der Waals surface area contributed by atoms with Crippen molar-refractivity contribution in [3.8, 4) is 0 Å². The maximum Gasteiger partial charge on any atom is 0.283 e. The van der Waals surface area contributed by atoms with Crippen LogP contribution in [0.3, 0.4) is 0 Å². The van der Waals surface area contributed by atoms with Gasteiger partial charge in [0.2, 0.25) is 10.0 Å². The van der Waals surface area contributed by atoms with E-state index in [0.29, 0.717) is 6.54 Å². The van der Waals surface area contributed by atoms with E-state index in [1.165, 1.54) is 12.1 Å².